The molecule has 0 radical (unpaired) electrons. The Morgan fingerprint density at radius 3 is 1.48 bits per heavy atom. The van der Waals surface area contributed by atoms with Crippen LogP contribution >= 0.6 is 0 Å². The van der Waals surface area contributed by atoms with Gasteiger partial charge in [-0.3, -0.25) is 14.4 Å². The molecule has 0 spiro atoms. The maximum absolute atomic E-state index is 13.0. The number of hydrogen-bond acceptors (Lipinski definition) is 11. The standard InChI is InChI=1S/C53H92O12/c1-4-7-10-13-16-19-21-23-25-28-30-33-36-39-45(54)61-42-44(63-46(55)40-37-34-31-27-18-15-12-9-6-3)43-62-53-51(49(58)48(57)50(65-53)52(59)60)64-47(56)41-38-35-32-29-26-24-22-20-17-14-11-8-5-2/h10,13,19-22,44,48-51,53,57-58H,4-9,11-12,14-18,23-43H2,1-3H3,(H,59,60)/b13-10-,21-19-,22-20-. The first-order chi connectivity index (χ1) is 31.6. The van der Waals surface area contributed by atoms with Crippen LogP contribution in [0.5, 0.6) is 0 Å². The molecule has 6 atom stereocenters. The molecule has 0 bridgehead atoms. The van der Waals surface area contributed by atoms with Gasteiger partial charge in [0.05, 0.1) is 6.61 Å². The van der Waals surface area contributed by atoms with Crippen LogP contribution in [0.1, 0.15) is 226 Å². The second-order valence-corrected chi connectivity index (χ2v) is 17.8. The van der Waals surface area contributed by atoms with Crippen molar-refractivity contribution in [1.29, 1.82) is 0 Å². The predicted octanol–water partition coefficient (Wildman–Crippen LogP) is 12.1. The third-order valence-electron chi connectivity index (χ3n) is 11.7. The first-order valence-electron chi connectivity index (χ1n) is 26.0. The van der Waals surface area contributed by atoms with E-state index in [0.29, 0.717) is 19.3 Å². The molecule has 0 aromatic rings. The fourth-order valence-electron chi connectivity index (χ4n) is 7.63. The van der Waals surface area contributed by atoms with Crippen molar-refractivity contribution in [2.24, 2.45) is 0 Å². The summed E-state index contributed by atoms with van der Waals surface area (Å²) in [4.78, 5) is 50.7. The molecule has 3 N–H and O–H groups in total. The molecule has 12 heteroatoms. The molecule has 1 fully saturated rings. The number of carboxylic acids is 1. The van der Waals surface area contributed by atoms with E-state index in [-0.39, 0.29) is 25.9 Å². The Labute approximate surface area is 393 Å². The molecule has 376 valence electrons. The van der Waals surface area contributed by atoms with E-state index in [2.05, 4.69) is 57.2 Å². The van der Waals surface area contributed by atoms with Gasteiger partial charge in [0.25, 0.3) is 0 Å². The van der Waals surface area contributed by atoms with E-state index in [4.69, 9.17) is 23.7 Å². The highest BCUT2D eigenvalue weighted by atomic mass is 16.7. The van der Waals surface area contributed by atoms with Gasteiger partial charge in [-0.05, 0) is 70.6 Å². The van der Waals surface area contributed by atoms with Gasteiger partial charge in [0.15, 0.2) is 24.6 Å². The summed E-state index contributed by atoms with van der Waals surface area (Å²) in [7, 11) is 0. The molecule has 0 saturated carbocycles. The van der Waals surface area contributed by atoms with Crippen LogP contribution in [0.25, 0.3) is 0 Å². The number of aliphatic carboxylic acids is 1. The number of aliphatic hydroxyl groups excluding tert-OH is 2. The minimum Gasteiger partial charge on any atom is -0.479 e. The zero-order valence-electron chi connectivity index (χ0n) is 41.0. The Hall–Kier alpha value is -3.06. The third-order valence-corrected chi connectivity index (χ3v) is 11.7. The van der Waals surface area contributed by atoms with Crippen LogP contribution in [0.3, 0.4) is 0 Å². The smallest absolute Gasteiger partial charge is 0.335 e. The van der Waals surface area contributed by atoms with E-state index < -0.39 is 67.3 Å². The Morgan fingerprint density at radius 2 is 0.954 bits per heavy atom. The van der Waals surface area contributed by atoms with Gasteiger partial charge in [-0.2, -0.15) is 0 Å². The SMILES string of the molecule is CCC/C=C\C/C=C\CCCCCCCC(=O)OCC(COC1OC(C(=O)O)C(O)C(O)C1OC(=O)CCCCCCC/C=C\CCCCCC)OC(=O)CCCCCCCCCCC. The average Bonchev–Trinajstić information content (AvgIpc) is 3.29. The van der Waals surface area contributed by atoms with E-state index in [1.54, 1.807) is 0 Å². The summed E-state index contributed by atoms with van der Waals surface area (Å²) in [6.07, 6.45) is 34.3. The zero-order valence-corrected chi connectivity index (χ0v) is 41.0. The molecular weight excluding hydrogens is 829 g/mol. The van der Waals surface area contributed by atoms with Crippen LogP contribution in [-0.4, -0.2) is 89.2 Å². The van der Waals surface area contributed by atoms with Gasteiger partial charge in [-0.15, -0.1) is 0 Å². The van der Waals surface area contributed by atoms with Gasteiger partial charge in [0.2, 0.25) is 0 Å². The molecule has 65 heavy (non-hydrogen) atoms. The van der Waals surface area contributed by atoms with Crippen molar-refractivity contribution in [3.05, 3.63) is 36.5 Å². The van der Waals surface area contributed by atoms with Gasteiger partial charge in [-0.25, -0.2) is 4.79 Å². The number of allylic oxidation sites excluding steroid dienone is 6. The second-order valence-electron chi connectivity index (χ2n) is 17.8. The second kappa shape index (κ2) is 42.3. The molecule has 0 aromatic heterocycles. The molecule has 12 nitrogen and oxygen atoms in total. The number of esters is 3. The lowest BCUT2D eigenvalue weighted by Crippen LogP contribution is -2.61. The topological polar surface area (TPSA) is 175 Å². The lowest BCUT2D eigenvalue weighted by atomic mass is 9.98. The predicted molar refractivity (Wildman–Crippen MR) is 257 cm³/mol. The molecule has 1 saturated heterocycles. The number of unbranched alkanes of at least 4 members (excludes halogenated alkanes) is 23. The fourth-order valence-corrected chi connectivity index (χ4v) is 7.63. The molecule has 1 aliphatic heterocycles. The number of aliphatic hydroxyl groups is 2. The summed E-state index contributed by atoms with van der Waals surface area (Å²) in [6.45, 7) is 5.85. The van der Waals surface area contributed by atoms with Crippen LogP contribution in [0.15, 0.2) is 36.5 Å². The van der Waals surface area contributed by atoms with Crippen molar-refractivity contribution in [3.8, 4) is 0 Å². The minimum atomic E-state index is -1.90. The number of hydrogen-bond donors (Lipinski definition) is 3. The summed E-state index contributed by atoms with van der Waals surface area (Å²) >= 11 is 0. The minimum absolute atomic E-state index is 0.0513. The number of rotatable bonds is 43. The first kappa shape index (κ1) is 60.0. The summed E-state index contributed by atoms with van der Waals surface area (Å²) in [5.74, 6) is -3.14. The van der Waals surface area contributed by atoms with Gasteiger partial charge in [-0.1, -0.05) is 173 Å². The largest absolute Gasteiger partial charge is 0.479 e. The zero-order chi connectivity index (χ0) is 47.6. The van der Waals surface area contributed by atoms with Crippen molar-refractivity contribution < 1.29 is 58.2 Å². The van der Waals surface area contributed by atoms with E-state index in [1.807, 2.05) is 0 Å². The lowest BCUT2D eigenvalue weighted by molar-refractivity contribution is -0.301. The quantitative estimate of drug-likeness (QED) is 0.0229. The van der Waals surface area contributed by atoms with Crippen molar-refractivity contribution in [2.45, 2.75) is 263 Å². The van der Waals surface area contributed by atoms with Crippen LogP contribution in [0.4, 0.5) is 0 Å². The molecule has 0 aromatic carbocycles. The van der Waals surface area contributed by atoms with Crippen molar-refractivity contribution in [2.75, 3.05) is 13.2 Å². The van der Waals surface area contributed by atoms with Crippen LogP contribution in [-0.2, 0) is 42.9 Å². The summed E-state index contributed by atoms with van der Waals surface area (Å²) in [5, 5.41) is 31.3. The van der Waals surface area contributed by atoms with Gasteiger partial charge in [0.1, 0.15) is 18.8 Å². The highest BCUT2D eigenvalue weighted by molar-refractivity contribution is 5.74. The Morgan fingerprint density at radius 1 is 0.508 bits per heavy atom. The number of ether oxygens (including phenoxy) is 5. The van der Waals surface area contributed by atoms with Crippen molar-refractivity contribution >= 4 is 23.9 Å². The van der Waals surface area contributed by atoms with E-state index in [0.717, 1.165) is 109 Å². The highest BCUT2D eigenvalue weighted by Crippen LogP contribution is 2.26. The highest BCUT2D eigenvalue weighted by Gasteiger charge is 2.50. The molecule has 0 aliphatic carbocycles. The summed E-state index contributed by atoms with van der Waals surface area (Å²) in [6, 6.07) is 0. The Kier molecular flexibility index (Phi) is 39.0. The average molecular weight is 921 g/mol. The van der Waals surface area contributed by atoms with Gasteiger partial charge in [0, 0.05) is 19.3 Å². The first-order valence-corrected chi connectivity index (χ1v) is 26.0. The molecule has 1 heterocycles. The van der Waals surface area contributed by atoms with Crippen LogP contribution in [0, 0.1) is 0 Å². The molecule has 0 amide bonds. The Bertz CT molecular complexity index is 1280. The molecule has 6 unspecified atom stereocenters. The van der Waals surface area contributed by atoms with Gasteiger partial charge >= 0.3 is 23.9 Å². The number of carbonyl (C=O) groups excluding carboxylic acids is 3. The summed E-state index contributed by atoms with van der Waals surface area (Å²) in [5.41, 5.74) is 0. The lowest BCUT2D eigenvalue weighted by Gasteiger charge is -2.40. The Balaban J connectivity index is 2.73. The van der Waals surface area contributed by atoms with Crippen LogP contribution < -0.4 is 0 Å². The fraction of sp³-hybridized carbons (Fsp3) is 0.811. The van der Waals surface area contributed by atoms with Crippen LogP contribution in [0.2, 0.25) is 0 Å². The van der Waals surface area contributed by atoms with Crippen molar-refractivity contribution in [1.82, 2.24) is 0 Å². The maximum atomic E-state index is 13.0. The monoisotopic (exact) mass is 921 g/mol. The molecule has 1 aliphatic rings. The number of carboxylic acid groups (broad SMARTS) is 1. The maximum Gasteiger partial charge on any atom is 0.335 e. The summed E-state index contributed by atoms with van der Waals surface area (Å²) < 4.78 is 28.2. The van der Waals surface area contributed by atoms with Crippen molar-refractivity contribution in [3.63, 3.8) is 0 Å². The van der Waals surface area contributed by atoms with E-state index in [9.17, 15) is 34.5 Å². The third kappa shape index (κ3) is 33.1. The molecule has 1 rings (SSSR count). The van der Waals surface area contributed by atoms with Gasteiger partial charge < -0.3 is 39.0 Å². The number of carbonyl (C=O) groups is 4. The van der Waals surface area contributed by atoms with E-state index in [1.165, 1.54) is 57.8 Å². The molecular formula is C53H92O12. The van der Waals surface area contributed by atoms with E-state index >= 15 is 0 Å². The normalized spacial score (nSPS) is 19.3.